The zero-order valence-corrected chi connectivity index (χ0v) is 20.8. The van der Waals surface area contributed by atoms with Gasteiger partial charge in [-0.1, -0.05) is 12.8 Å². The van der Waals surface area contributed by atoms with Crippen LogP contribution in [0, 0.1) is 5.82 Å². The van der Waals surface area contributed by atoms with Gasteiger partial charge in [0, 0.05) is 51.9 Å². The molecule has 0 aromatic carbocycles. The Labute approximate surface area is 203 Å². The van der Waals surface area contributed by atoms with Gasteiger partial charge in [-0.15, -0.1) is 11.3 Å². The van der Waals surface area contributed by atoms with Crippen LogP contribution in [0.2, 0.25) is 0 Å². The van der Waals surface area contributed by atoms with Crippen LogP contribution in [0.3, 0.4) is 0 Å². The number of halogens is 1. The first-order valence-electron chi connectivity index (χ1n) is 11.9. The first kappa shape index (κ1) is 23.0. The maximum Gasteiger partial charge on any atom is 0.263 e. The van der Waals surface area contributed by atoms with Gasteiger partial charge in [-0.25, -0.2) is 14.4 Å². The summed E-state index contributed by atoms with van der Waals surface area (Å²) < 4.78 is 16.6. The number of nitrogens with one attached hydrogen (secondary N) is 1. The van der Waals surface area contributed by atoms with E-state index in [1.165, 1.54) is 11.3 Å². The number of carbonyl (C=O) groups is 1. The number of aromatic nitrogens is 2. The van der Waals surface area contributed by atoms with Gasteiger partial charge in [-0.3, -0.25) is 4.79 Å². The van der Waals surface area contributed by atoms with Crippen LogP contribution in [-0.4, -0.2) is 73.0 Å². The lowest BCUT2D eigenvalue weighted by Crippen LogP contribution is -2.44. The van der Waals surface area contributed by atoms with Crippen LogP contribution in [-0.2, 0) is 0 Å². The average Bonchev–Trinajstić information content (AvgIpc) is 3.49. The first-order chi connectivity index (χ1) is 16.4. The molecule has 9 heteroatoms. The third kappa shape index (κ3) is 4.34. The molecule has 0 spiro atoms. The molecule has 3 aromatic heterocycles. The summed E-state index contributed by atoms with van der Waals surface area (Å²) in [6, 6.07) is 3.88. The number of piperazine rings is 1. The lowest BCUT2D eigenvalue weighted by atomic mass is 9.94. The van der Waals surface area contributed by atoms with Crippen LogP contribution in [0.5, 0.6) is 0 Å². The van der Waals surface area contributed by atoms with Crippen molar-refractivity contribution in [1.82, 2.24) is 19.8 Å². The fraction of sp³-hybridized carbons (Fsp3) is 0.480. The zero-order valence-electron chi connectivity index (χ0n) is 20.0. The third-order valence-corrected chi connectivity index (χ3v) is 8.07. The van der Waals surface area contributed by atoms with Crippen molar-refractivity contribution in [3.8, 4) is 0 Å². The highest BCUT2D eigenvalue weighted by Gasteiger charge is 2.30. The lowest BCUT2D eigenvalue weighted by molar-refractivity contribution is 0.0831. The van der Waals surface area contributed by atoms with E-state index in [1.807, 2.05) is 18.3 Å². The van der Waals surface area contributed by atoms with Crippen molar-refractivity contribution in [3.63, 3.8) is 0 Å². The van der Waals surface area contributed by atoms with Gasteiger partial charge in [0.1, 0.15) is 5.82 Å². The molecule has 0 radical (unpaired) electrons. The van der Waals surface area contributed by atoms with Gasteiger partial charge in [-0.05, 0) is 43.5 Å². The Bertz CT molecular complexity index is 1180. The number of thiophene rings is 1. The van der Waals surface area contributed by atoms with Gasteiger partial charge in [0.15, 0.2) is 11.6 Å². The molecule has 180 valence electrons. The Morgan fingerprint density at radius 1 is 1.12 bits per heavy atom. The van der Waals surface area contributed by atoms with E-state index in [9.17, 15) is 4.79 Å². The Morgan fingerprint density at radius 2 is 1.85 bits per heavy atom. The maximum absolute atomic E-state index is 15.9. The standard InChI is InChI=1S/C25H31FN6OS/c1-30(2)25(33)23-20(16-6-4-5-7-16)21-18(34-23)15-28-24(22(21)26)29-19-9-8-17(14-27-19)32-12-10-31(3)11-13-32/h8-9,14-16H,4-7,10-13H2,1-3H3,(H,27,28,29). The summed E-state index contributed by atoms with van der Waals surface area (Å²) in [5.74, 6) is 0.425. The summed E-state index contributed by atoms with van der Waals surface area (Å²) in [5, 5.41) is 3.60. The number of amides is 1. The van der Waals surface area contributed by atoms with Crippen molar-refractivity contribution in [3.05, 3.63) is 40.8 Å². The molecule has 0 unspecified atom stereocenters. The molecule has 34 heavy (non-hydrogen) atoms. The molecule has 1 N–H and O–H groups in total. The third-order valence-electron chi connectivity index (χ3n) is 6.94. The van der Waals surface area contributed by atoms with Crippen molar-refractivity contribution in [2.24, 2.45) is 0 Å². The number of carbonyl (C=O) groups excluding carboxylic acids is 1. The predicted molar refractivity (Wildman–Crippen MR) is 136 cm³/mol. The number of hydrogen-bond donors (Lipinski definition) is 1. The van der Waals surface area contributed by atoms with Gasteiger partial charge in [0.2, 0.25) is 0 Å². The SMILES string of the molecule is CN1CCN(c2ccc(Nc3ncc4sc(C(=O)N(C)C)c(C5CCCC5)c4c3F)nc2)CC1. The van der Waals surface area contributed by atoms with Crippen molar-refractivity contribution >= 4 is 44.7 Å². The van der Waals surface area contributed by atoms with Crippen molar-refractivity contribution in [2.75, 3.05) is 57.5 Å². The van der Waals surface area contributed by atoms with E-state index < -0.39 is 5.82 Å². The van der Waals surface area contributed by atoms with Crippen molar-refractivity contribution < 1.29 is 9.18 Å². The first-order valence-corrected chi connectivity index (χ1v) is 12.7. The molecule has 0 bridgehead atoms. The van der Waals surface area contributed by atoms with Crippen LogP contribution in [0.1, 0.15) is 46.8 Å². The van der Waals surface area contributed by atoms with E-state index >= 15 is 4.39 Å². The number of hydrogen-bond acceptors (Lipinski definition) is 7. The Kier molecular flexibility index (Phi) is 6.40. The van der Waals surface area contributed by atoms with Crippen molar-refractivity contribution in [1.29, 1.82) is 0 Å². The van der Waals surface area contributed by atoms with E-state index in [2.05, 4.69) is 32.1 Å². The van der Waals surface area contributed by atoms with Gasteiger partial charge < -0.3 is 20.0 Å². The second kappa shape index (κ2) is 9.46. The molecule has 1 saturated carbocycles. The predicted octanol–water partition coefficient (Wildman–Crippen LogP) is 4.69. The second-order valence-electron chi connectivity index (χ2n) is 9.50. The van der Waals surface area contributed by atoms with E-state index in [4.69, 9.17) is 0 Å². The summed E-state index contributed by atoms with van der Waals surface area (Å²) in [5.41, 5.74) is 1.92. The fourth-order valence-electron chi connectivity index (χ4n) is 4.96. The summed E-state index contributed by atoms with van der Waals surface area (Å²) >= 11 is 1.35. The largest absolute Gasteiger partial charge is 0.368 e. The quantitative estimate of drug-likeness (QED) is 0.570. The molecule has 2 aliphatic rings. The van der Waals surface area contributed by atoms with Crippen molar-refractivity contribution in [2.45, 2.75) is 31.6 Å². The number of rotatable bonds is 5. The summed E-state index contributed by atoms with van der Waals surface area (Å²) in [4.78, 5) is 28.6. The van der Waals surface area contributed by atoms with Crippen LogP contribution in [0.4, 0.5) is 21.7 Å². The number of anilines is 3. The number of pyridine rings is 2. The van der Waals surface area contributed by atoms with Crippen LogP contribution in [0.25, 0.3) is 10.1 Å². The summed E-state index contributed by atoms with van der Waals surface area (Å²) in [6.07, 6.45) is 7.69. The topological polar surface area (TPSA) is 64.6 Å². The fourth-order valence-corrected chi connectivity index (χ4v) is 6.24. The molecular weight excluding hydrogens is 451 g/mol. The Morgan fingerprint density at radius 3 is 2.50 bits per heavy atom. The minimum absolute atomic E-state index is 0.0711. The molecule has 4 heterocycles. The zero-order chi connectivity index (χ0) is 23.8. The van der Waals surface area contributed by atoms with Crippen LogP contribution < -0.4 is 10.2 Å². The lowest BCUT2D eigenvalue weighted by Gasteiger charge is -2.33. The van der Waals surface area contributed by atoms with E-state index in [1.54, 1.807) is 25.2 Å². The molecular formula is C25H31FN6OS. The molecule has 5 rings (SSSR count). The van der Waals surface area contributed by atoms with E-state index in [0.717, 1.165) is 63.1 Å². The normalized spacial score (nSPS) is 17.5. The van der Waals surface area contributed by atoms with E-state index in [0.29, 0.717) is 20.8 Å². The smallest absolute Gasteiger partial charge is 0.263 e. The van der Waals surface area contributed by atoms with Gasteiger partial charge >= 0.3 is 0 Å². The molecule has 1 amide bonds. The maximum atomic E-state index is 15.9. The summed E-state index contributed by atoms with van der Waals surface area (Å²) in [6.45, 7) is 3.98. The molecule has 7 nitrogen and oxygen atoms in total. The minimum Gasteiger partial charge on any atom is -0.368 e. The Balaban J connectivity index is 1.46. The second-order valence-corrected chi connectivity index (χ2v) is 10.6. The molecule has 1 aliphatic heterocycles. The number of nitrogens with zero attached hydrogens (tertiary/aromatic N) is 5. The molecule has 1 saturated heterocycles. The molecule has 2 fully saturated rings. The monoisotopic (exact) mass is 482 g/mol. The van der Waals surface area contributed by atoms with Gasteiger partial charge in [0.25, 0.3) is 5.91 Å². The summed E-state index contributed by atoms with van der Waals surface area (Å²) in [7, 11) is 5.61. The number of fused-ring (bicyclic) bond motifs is 1. The van der Waals surface area contributed by atoms with Gasteiger partial charge in [0.05, 0.1) is 21.5 Å². The highest BCUT2D eigenvalue weighted by Crippen LogP contribution is 2.45. The molecule has 3 aromatic rings. The van der Waals surface area contributed by atoms with Crippen LogP contribution in [0.15, 0.2) is 24.5 Å². The number of likely N-dealkylation sites (N-methyl/N-ethyl adjacent to an activating group) is 1. The van der Waals surface area contributed by atoms with Gasteiger partial charge in [-0.2, -0.15) is 0 Å². The minimum atomic E-state index is -0.404. The van der Waals surface area contributed by atoms with Crippen LogP contribution >= 0.6 is 11.3 Å². The average molecular weight is 483 g/mol. The highest BCUT2D eigenvalue weighted by molar-refractivity contribution is 7.21. The highest BCUT2D eigenvalue weighted by atomic mass is 32.1. The molecule has 1 aliphatic carbocycles. The van der Waals surface area contributed by atoms with E-state index in [-0.39, 0.29) is 17.6 Å². The molecule has 0 atom stereocenters. The Hall–Kier alpha value is -2.78.